The molecule has 2 aromatic carbocycles. The normalized spacial score (nSPS) is 17.1. The van der Waals surface area contributed by atoms with Crippen LogP contribution in [0.15, 0.2) is 35.2 Å². The molecule has 0 saturated heterocycles. The van der Waals surface area contributed by atoms with Gasteiger partial charge in [0.2, 0.25) is 5.82 Å². The molecule has 0 aromatic heterocycles. The van der Waals surface area contributed by atoms with Crippen molar-refractivity contribution in [3.05, 3.63) is 53.1 Å². The molecule has 0 aliphatic heterocycles. The van der Waals surface area contributed by atoms with Gasteiger partial charge in [-0.2, -0.15) is 4.39 Å². The Morgan fingerprint density at radius 2 is 1.64 bits per heavy atom. The highest BCUT2D eigenvalue weighted by Crippen LogP contribution is 2.33. The van der Waals surface area contributed by atoms with Gasteiger partial charge in [0.15, 0.2) is 11.6 Å². The van der Waals surface area contributed by atoms with Gasteiger partial charge in [0.1, 0.15) is 6.61 Å². The van der Waals surface area contributed by atoms with Crippen molar-refractivity contribution >= 4 is 24.3 Å². The molecule has 0 radical (unpaired) electrons. The Morgan fingerprint density at radius 1 is 1.06 bits per heavy atom. The van der Waals surface area contributed by atoms with Crippen molar-refractivity contribution in [1.82, 2.24) is 0 Å². The van der Waals surface area contributed by atoms with E-state index in [1.807, 2.05) is 52.0 Å². The maximum atomic E-state index is 14.6. The summed E-state index contributed by atoms with van der Waals surface area (Å²) in [6, 6.07) is 8.81. The molecule has 33 heavy (non-hydrogen) atoms. The zero-order valence-electron chi connectivity index (χ0n) is 20.3. The zero-order valence-corrected chi connectivity index (χ0v) is 21.1. The van der Waals surface area contributed by atoms with E-state index in [1.165, 1.54) is 0 Å². The number of hydrogen-bond acceptors (Lipinski definition) is 4. The molecule has 0 bridgehead atoms. The first kappa shape index (κ1) is 28.8. The number of halogens is 2. The van der Waals surface area contributed by atoms with Crippen LogP contribution < -0.4 is 10.1 Å². The SMILES string of the molecule is CC.CC.Cc1cc(NCC2CCC(C(=O)O)CC2)c(F)c(F)c1OCc1ccc(S)cc1. The molecule has 0 amide bonds. The Labute approximate surface area is 202 Å². The standard InChI is InChI=1S/C22H25F2NO3S.2C2H6/c1-13-10-18(25-11-14-2-6-16(7-3-14)22(26)27)19(23)20(24)21(13)28-12-15-4-8-17(29)9-5-15;2*1-2/h4-5,8-10,14,16,25,29H,2-3,6-7,11-12H2,1H3,(H,26,27);2*1-2H3. The number of thiol groups is 1. The number of rotatable bonds is 7. The molecule has 1 saturated carbocycles. The molecule has 0 heterocycles. The van der Waals surface area contributed by atoms with Crippen molar-refractivity contribution in [3.8, 4) is 5.75 Å². The van der Waals surface area contributed by atoms with Crippen LogP contribution in [0.25, 0.3) is 0 Å². The first-order chi connectivity index (χ1) is 15.8. The largest absolute Gasteiger partial charge is 0.485 e. The minimum absolute atomic E-state index is 0.0926. The number of carboxylic acids is 1. The summed E-state index contributed by atoms with van der Waals surface area (Å²) in [4.78, 5) is 11.8. The molecular weight excluding hydrogens is 444 g/mol. The van der Waals surface area contributed by atoms with Crippen LogP contribution in [0.3, 0.4) is 0 Å². The Morgan fingerprint density at radius 3 is 2.18 bits per heavy atom. The van der Waals surface area contributed by atoms with Gasteiger partial charge in [-0.1, -0.05) is 39.8 Å². The third kappa shape index (κ3) is 8.54. The van der Waals surface area contributed by atoms with Crippen molar-refractivity contribution in [2.45, 2.75) is 71.8 Å². The van der Waals surface area contributed by atoms with Crippen molar-refractivity contribution in [2.24, 2.45) is 11.8 Å². The number of carbonyl (C=O) groups is 1. The molecule has 0 spiro atoms. The highest BCUT2D eigenvalue weighted by Gasteiger charge is 2.26. The van der Waals surface area contributed by atoms with Crippen molar-refractivity contribution in [3.63, 3.8) is 0 Å². The van der Waals surface area contributed by atoms with E-state index >= 15 is 0 Å². The number of aliphatic carboxylic acids is 1. The number of carboxylic acid groups (broad SMARTS) is 1. The second kappa shape index (κ2) is 14.8. The van der Waals surface area contributed by atoms with Crippen LogP contribution in [0.2, 0.25) is 0 Å². The lowest BCUT2D eigenvalue weighted by molar-refractivity contribution is -0.143. The number of ether oxygens (including phenoxy) is 1. The van der Waals surface area contributed by atoms with E-state index in [0.29, 0.717) is 24.9 Å². The third-order valence-corrected chi connectivity index (χ3v) is 5.74. The van der Waals surface area contributed by atoms with Crippen LogP contribution in [0.1, 0.15) is 64.5 Å². The van der Waals surface area contributed by atoms with Gasteiger partial charge < -0.3 is 15.2 Å². The Balaban J connectivity index is 0.00000129. The van der Waals surface area contributed by atoms with Gasteiger partial charge in [-0.05, 0) is 67.9 Å². The van der Waals surface area contributed by atoms with E-state index in [2.05, 4.69) is 17.9 Å². The Kier molecular flexibility index (Phi) is 12.9. The van der Waals surface area contributed by atoms with Gasteiger partial charge >= 0.3 is 5.97 Å². The highest BCUT2D eigenvalue weighted by atomic mass is 32.1. The topological polar surface area (TPSA) is 58.6 Å². The minimum Gasteiger partial charge on any atom is -0.485 e. The van der Waals surface area contributed by atoms with Gasteiger partial charge in [-0.25, -0.2) is 4.39 Å². The maximum Gasteiger partial charge on any atom is 0.306 e. The smallest absolute Gasteiger partial charge is 0.306 e. The van der Waals surface area contributed by atoms with Gasteiger partial charge in [-0.15, -0.1) is 12.6 Å². The maximum absolute atomic E-state index is 14.6. The molecule has 1 fully saturated rings. The van der Waals surface area contributed by atoms with E-state index in [9.17, 15) is 13.6 Å². The van der Waals surface area contributed by atoms with Crippen LogP contribution in [0.5, 0.6) is 5.75 Å². The summed E-state index contributed by atoms with van der Waals surface area (Å²) in [6.45, 7) is 10.3. The van der Waals surface area contributed by atoms with Crippen LogP contribution >= 0.6 is 12.6 Å². The van der Waals surface area contributed by atoms with Crippen LogP contribution in [-0.2, 0) is 11.4 Å². The van der Waals surface area contributed by atoms with Crippen LogP contribution in [0, 0.1) is 30.4 Å². The van der Waals surface area contributed by atoms with Gasteiger partial charge in [-0.3, -0.25) is 4.79 Å². The number of hydrogen-bond donors (Lipinski definition) is 3. The van der Waals surface area contributed by atoms with E-state index in [0.717, 1.165) is 23.3 Å². The molecule has 1 aliphatic rings. The van der Waals surface area contributed by atoms with Crippen molar-refractivity contribution < 1.29 is 23.4 Å². The van der Waals surface area contributed by atoms with Gasteiger partial charge in [0.25, 0.3) is 0 Å². The molecule has 3 rings (SSSR count). The summed E-state index contributed by atoms with van der Waals surface area (Å²) in [5, 5.41) is 12.1. The number of benzene rings is 2. The third-order valence-electron chi connectivity index (χ3n) is 5.44. The molecule has 2 aromatic rings. The molecule has 7 heteroatoms. The van der Waals surface area contributed by atoms with E-state index < -0.39 is 17.6 Å². The average molecular weight is 482 g/mol. The fourth-order valence-corrected chi connectivity index (χ4v) is 3.81. The monoisotopic (exact) mass is 481 g/mol. The lowest BCUT2D eigenvalue weighted by Gasteiger charge is -2.26. The van der Waals surface area contributed by atoms with E-state index in [1.54, 1.807) is 13.0 Å². The lowest BCUT2D eigenvalue weighted by atomic mass is 9.82. The van der Waals surface area contributed by atoms with Crippen LogP contribution in [0.4, 0.5) is 14.5 Å². The second-order valence-corrected chi connectivity index (χ2v) is 8.11. The quantitative estimate of drug-likeness (QED) is 0.359. The summed E-state index contributed by atoms with van der Waals surface area (Å²) in [5.74, 6) is -2.85. The molecule has 0 atom stereocenters. The van der Waals surface area contributed by atoms with Gasteiger partial charge in [0.05, 0.1) is 11.6 Å². The summed E-state index contributed by atoms with van der Waals surface area (Å²) in [5.41, 5.74) is 1.44. The number of aryl methyl sites for hydroxylation is 1. The Hall–Kier alpha value is -2.28. The summed E-state index contributed by atoms with van der Waals surface area (Å²) >= 11 is 4.21. The van der Waals surface area contributed by atoms with E-state index in [4.69, 9.17) is 9.84 Å². The molecule has 4 nitrogen and oxygen atoms in total. The van der Waals surface area contributed by atoms with Gasteiger partial charge in [0, 0.05) is 11.4 Å². The minimum atomic E-state index is -1.01. The highest BCUT2D eigenvalue weighted by molar-refractivity contribution is 7.80. The molecule has 184 valence electrons. The molecular formula is C26H37F2NO3S. The summed E-state index contributed by atoms with van der Waals surface area (Å²) in [6.07, 6.45) is 2.77. The summed E-state index contributed by atoms with van der Waals surface area (Å²) < 4.78 is 34.7. The number of anilines is 1. The van der Waals surface area contributed by atoms with E-state index in [-0.39, 0.29) is 29.9 Å². The predicted octanol–water partition coefficient (Wildman–Crippen LogP) is 7.50. The second-order valence-electron chi connectivity index (χ2n) is 7.59. The van der Waals surface area contributed by atoms with Crippen molar-refractivity contribution in [1.29, 1.82) is 0 Å². The van der Waals surface area contributed by atoms with Crippen LogP contribution in [-0.4, -0.2) is 17.6 Å². The molecule has 2 N–H and O–H groups in total. The average Bonchev–Trinajstić information content (AvgIpc) is 2.84. The van der Waals surface area contributed by atoms with Crippen molar-refractivity contribution in [2.75, 3.05) is 11.9 Å². The number of nitrogens with one attached hydrogen (secondary N) is 1. The summed E-state index contributed by atoms with van der Waals surface area (Å²) in [7, 11) is 0. The predicted molar refractivity (Wildman–Crippen MR) is 133 cm³/mol. The molecule has 1 aliphatic carbocycles. The first-order valence-electron chi connectivity index (χ1n) is 11.7. The fourth-order valence-electron chi connectivity index (χ4n) is 3.66. The Bertz CT molecular complexity index is 867. The molecule has 0 unspecified atom stereocenters. The first-order valence-corrected chi connectivity index (χ1v) is 12.2. The lowest BCUT2D eigenvalue weighted by Crippen LogP contribution is -2.25. The zero-order chi connectivity index (χ0) is 25.0. The fraction of sp³-hybridized carbons (Fsp3) is 0.500.